The molecule has 2 fully saturated rings. The van der Waals surface area contributed by atoms with Gasteiger partial charge in [0.1, 0.15) is 6.10 Å². The predicted octanol–water partition coefficient (Wildman–Crippen LogP) is 4.68. The van der Waals surface area contributed by atoms with E-state index in [-0.39, 0.29) is 23.5 Å². The van der Waals surface area contributed by atoms with Gasteiger partial charge in [0, 0.05) is 25.4 Å². The Bertz CT molecular complexity index is 769. The Morgan fingerprint density at radius 1 is 1.33 bits per heavy atom. The van der Waals surface area contributed by atoms with E-state index < -0.39 is 17.6 Å². The van der Waals surface area contributed by atoms with E-state index in [9.17, 15) is 14.7 Å². The van der Waals surface area contributed by atoms with Gasteiger partial charge in [-0.1, -0.05) is 51.6 Å². The number of hydrogen-bond donors (Lipinski definition) is 2. The summed E-state index contributed by atoms with van der Waals surface area (Å²) in [4.78, 5) is 27.1. The second-order valence-electron chi connectivity index (χ2n) is 9.78. The Morgan fingerprint density at radius 3 is 2.53 bits per heavy atom. The smallest absolute Gasteiger partial charge is 0.404 e. The Labute approximate surface area is 187 Å². The third-order valence-corrected chi connectivity index (χ3v) is 7.65. The van der Waals surface area contributed by atoms with E-state index in [1.165, 1.54) is 11.3 Å². The zero-order valence-corrected chi connectivity index (χ0v) is 19.6. The molecule has 3 atom stereocenters. The molecular weight excluding hydrogens is 424 g/mol. The molecule has 1 aliphatic heterocycles. The molecule has 2 heterocycles. The SMILES string of the molecule is CC(C)(C)C1CC(OC(N)=O)CCN1C(=O)C(c1csc(Cl)c1)C1(O)CCCCC1. The average molecular weight is 457 g/mol. The van der Waals surface area contributed by atoms with E-state index in [0.29, 0.717) is 36.6 Å². The first-order chi connectivity index (χ1) is 14.0. The highest BCUT2D eigenvalue weighted by Crippen LogP contribution is 2.44. The first-order valence-electron chi connectivity index (χ1n) is 10.7. The molecule has 1 saturated heterocycles. The van der Waals surface area contributed by atoms with Crippen LogP contribution >= 0.6 is 22.9 Å². The van der Waals surface area contributed by atoms with Gasteiger partial charge in [-0.3, -0.25) is 4.79 Å². The van der Waals surface area contributed by atoms with Crippen molar-refractivity contribution < 1.29 is 19.4 Å². The second kappa shape index (κ2) is 9.05. The van der Waals surface area contributed by atoms with Gasteiger partial charge in [-0.2, -0.15) is 0 Å². The molecule has 2 aliphatic rings. The number of nitrogens with two attached hydrogens (primary N) is 1. The highest BCUT2D eigenvalue weighted by atomic mass is 35.5. The summed E-state index contributed by atoms with van der Waals surface area (Å²) in [5.74, 6) is -0.702. The number of nitrogens with zero attached hydrogens (tertiary/aromatic N) is 1. The molecule has 168 valence electrons. The minimum absolute atomic E-state index is 0.0636. The van der Waals surface area contributed by atoms with Crippen LogP contribution in [0.1, 0.15) is 77.2 Å². The van der Waals surface area contributed by atoms with Crippen LogP contribution in [0.3, 0.4) is 0 Å². The van der Waals surface area contributed by atoms with Crippen molar-refractivity contribution in [1.82, 2.24) is 4.90 Å². The molecule has 6 nitrogen and oxygen atoms in total. The van der Waals surface area contributed by atoms with Crippen molar-refractivity contribution in [2.75, 3.05) is 6.54 Å². The molecule has 3 rings (SSSR count). The number of carbonyl (C=O) groups excluding carboxylic acids is 2. The van der Waals surface area contributed by atoms with Gasteiger partial charge in [0.05, 0.1) is 15.9 Å². The summed E-state index contributed by atoms with van der Waals surface area (Å²) in [5.41, 5.74) is 4.73. The summed E-state index contributed by atoms with van der Waals surface area (Å²) in [6.07, 6.45) is 4.11. The Balaban J connectivity index is 1.93. The van der Waals surface area contributed by atoms with Gasteiger partial charge in [0.2, 0.25) is 5.91 Å². The van der Waals surface area contributed by atoms with Gasteiger partial charge < -0.3 is 20.5 Å². The van der Waals surface area contributed by atoms with Crippen molar-refractivity contribution >= 4 is 34.9 Å². The second-order valence-corrected chi connectivity index (χ2v) is 11.3. The first kappa shape index (κ1) is 23.4. The number of rotatable bonds is 4. The molecule has 2 amide bonds. The molecule has 0 aromatic carbocycles. The molecule has 1 saturated carbocycles. The topological polar surface area (TPSA) is 92.9 Å². The summed E-state index contributed by atoms with van der Waals surface area (Å²) in [6, 6.07) is 1.68. The molecular formula is C22H33ClN2O4S. The van der Waals surface area contributed by atoms with Crippen LogP contribution in [0.15, 0.2) is 11.4 Å². The van der Waals surface area contributed by atoms with Gasteiger partial charge in [-0.05, 0) is 35.3 Å². The molecule has 0 bridgehead atoms. The van der Waals surface area contributed by atoms with Gasteiger partial charge in [0.15, 0.2) is 0 Å². The van der Waals surface area contributed by atoms with Crippen LogP contribution in [-0.4, -0.2) is 46.3 Å². The van der Waals surface area contributed by atoms with Crippen molar-refractivity contribution in [3.05, 3.63) is 21.3 Å². The lowest BCUT2D eigenvalue weighted by Gasteiger charge is -2.48. The molecule has 1 aliphatic carbocycles. The van der Waals surface area contributed by atoms with E-state index in [1.54, 1.807) is 0 Å². The van der Waals surface area contributed by atoms with Crippen LogP contribution in [-0.2, 0) is 9.53 Å². The number of likely N-dealkylation sites (tertiary alicyclic amines) is 1. The number of aliphatic hydroxyl groups is 1. The van der Waals surface area contributed by atoms with E-state index in [4.69, 9.17) is 22.1 Å². The van der Waals surface area contributed by atoms with E-state index >= 15 is 0 Å². The molecule has 1 aromatic heterocycles. The average Bonchev–Trinajstić information content (AvgIpc) is 3.06. The van der Waals surface area contributed by atoms with Crippen LogP contribution < -0.4 is 5.73 Å². The van der Waals surface area contributed by atoms with Crippen LogP contribution in [0.4, 0.5) is 4.79 Å². The fraction of sp³-hybridized carbons (Fsp3) is 0.727. The van der Waals surface area contributed by atoms with Gasteiger partial charge in [-0.15, -0.1) is 11.3 Å². The maximum absolute atomic E-state index is 14.0. The maximum atomic E-state index is 14.0. The number of halogens is 1. The number of carbonyl (C=O) groups is 2. The van der Waals surface area contributed by atoms with E-state index in [1.807, 2.05) is 16.3 Å². The third-order valence-electron chi connectivity index (χ3n) is 6.54. The fourth-order valence-corrected chi connectivity index (χ4v) is 5.98. The van der Waals surface area contributed by atoms with Crippen LogP contribution in [0.25, 0.3) is 0 Å². The molecule has 0 radical (unpaired) electrons. The molecule has 3 unspecified atom stereocenters. The number of hydrogen-bond acceptors (Lipinski definition) is 5. The van der Waals surface area contributed by atoms with Crippen molar-refractivity contribution in [3.63, 3.8) is 0 Å². The van der Waals surface area contributed by atoms with Crippen molar-refractivity contribution in [1.29, 1.82) is 0 Å². The lowest BCUT2D eigenvalue weighted by atomic mass is 9.71. The molecule has 30 heavy (non-hydrogen) atoms. The quantitative estimate of drug-likeness (QED) is 0.687. The van der Waals surface area contributed by atoms with Gasteiger partial charge >= 0.3 is 6.09 Å². The number of thiophene rings is 1. The number of ether oxygens (including phenoxy) is 1. The van der Waals surface area contributed by atoms with E-state index in [0.717, 1.165) is 24.8 Å². The maximum Gasteiger partial charge on any atom is 0.404 e. The molecule has 1 aromatic rings. The fourth-order valence-electron chi connectivity index (χ4n) is 5.07. The summed E-state index contributed by atoms with van der Waals surface area (Å²) < 4.78 is 5.88. The highest BCUT2D eigenvalue weighted by molar-refractivity contribution is 7.14. The third kappa shape index (κ3) is 5.11. The zero-order chi connectivity index (χ0) is 22.1. The minimum atomic E-state index is -1.07. The van der Waals surface area contributed by atoms with Crippen molar-refractivity contribution in [3.8, 4) is 0 Å². The van der Waals surface area contributed by atoms with Crippen molar-refractivity contribution in [2.45, 2.75) is 89.4 Å². The summed E-state index contributed by atoms with van der Waals surface area (Å²) in [5, 5.41) is 13.5. The Kier molecular flexibility index (Phi) is 7.04. The normalized spacial score (nSPS) is 25.6. The number of primary amides is 1. The van der Waals surface area contributed by atoms with Crippen LogP contribution in [0, 0.1) is 5.41 Å². The van der Waals surface area contributed by atoms with Crippen LogP contribution in [0.2, 0.25) is 4.34 Å². The van der Waals surface area contributed by atoms with E-state index in [2.05, 4.69) is 20.8 Å². The zero-order valence-electron chi connectivity index (χ0n) is 18.0. The minimum Gasteiger partial charge on any atom is -0.446 e. The van der Waals surface area contributed by atoms with Crippen LogP contribution in [0.5, 0.6) is 0 Å². The van der Waals surface area contributed by atoms with Crippen molar-refractivity contribution in [2.24, 2.45) is 11.1 Å². The monoisotopic (exact) mass is 456 g/mol. The molecule has 8 heteroatoms. The summed E-state index contributed by atoms with van der Waals surface area (Å²) in [6.45, 7) is 6.70. The Morgan fingerprint density at radius 2 is 2.00 bits per heavy atom. The number of amides is 2. The highest BCUT2D eigenvalue weighted by Gasteiger charge is 2.48. The predicted molar refractivity (Wildman–Crippen MR) is 119 cm³/mol. The first-order valence-corrected chi connectivity index (χ1v) is 12.0. The number of piperidine rings is 1. The molecule has 0 spiro atoms. The van der Waals surface area contributed by atoms with Gasteiger partial charge in [0.25, 0.3) is 0 Å². The Hall–Kier alpha value is -1.31. The molecule has 3 N–H and O–H groups in total. The van der Waals surface area contributed by atoms with Gasteiger partial charge in [-0.25, -0.2) is 4.79 Å². The summed E-state index contributed by atoms with van der Waals surface area (Å²) in [7, 11) is 0. The summed E-state index contributed by atoms with van der Waals surface area (Å²) >= 11 is 7.59. The lowest BCUT2D eigenvalue weighted by Crippen LogP contribution is -2.57. The lowest BCUT2D eigenvalue weighted by molar-refractivity contribution is -0.150. The standard InChI is InChI=1S/C22H33ClN2O4S/c1-21(2,3)16-12-15(29-20(24)27)7-10-25(16)19(26)18(14-11-17(23)30-13-14)22(28)8-5-4-6-9-22/h11,13,15-16,18,28H,4-10,12H2,1-3H3,(H2,24,27). The largest absolute Gasteiger partial charge is 0.446 e.